The van der Waals surface area contributed by atoms with Gasteiger partial charge in [0.2, 0.25) is 0 Å². The predicted octanol–water partition coefficient (Wildman–Crippen LogP) is 2.12. The first-order valence-electron chi connectivity index (χ1n) is 8.84. The van der Waals surface area contributed by atoms with Crippen molar-refractivity contribution in [2.45, 2.75) is 63.0 Å². The van der Waals surface area contributed by atoms with Crippen LogP contribution in [0, 0.1) is 0 Å². The first-order chi connectivity index (χ1) is 12.8. The SMILES string of the molecule is CC(C)(C)[Si](C)(C)OCC1(CN=[N+]=[N-])O[C@@H](n2ccc(N)nc2=O)[C@H](F)[C@@H]1O. The Kier molecular flexibility index (Phi) is 6.21. The quantitative estimate of drug-likeness (QED) is 0.315. The van der Waals surface area contributed by atoms with E-state index in [2.05, 4.69) is 15.0 Å². The number of ether oxygens (including phenoxy) is 1. The molecular formula is C16H27FN6O4Si. The van der Waals surface area contributed by atoms with Crippen molar-refractivity contribution in [2.24, 2.45) is 5.11 Å². The van der Waals surface area contributed by atoms with E-state index in [1.807, 2.05) is 33.9 Å². The van der Waals surface area contributed by atoms with E-state index < -0.39 is 38.1 Å². The van der Waals surface area contributed by atoms with Crippen molar-refractivity contribution in [2.75, 3.05) is 18.9 Å². The highest BCUT2D eigenvalue weighted by Crippen LogP contribution is 2.42. The summed E-state index contributed by atoms with van der Waals surface area (Å²) >= 11 is 0. The highest BCUT2D eigenvalue weighted by Gasteiger charge is 2.57. The van der Waals surface area contributed by atoms with E-state index >= 15 is 0 Å². The van der Waals surface area contributed by atoms with Crippen molar-refractivity contribution in [1.82, 2.24) is 9.55 Å². The predicted molar refractivity (Wildman–Crippen MR) is 104 cm³/mol. The second-order valence-corrected chi connectivity index (χ2v) is 13.3. The second kappa shape index (κ2) is 7.80. The van der Waals surface area contributed by atoms with Gasteiger partial charge >= 0.3 is 5.69 Å². The van der Waals surface area contributed by atoms with Crippen molar-refractivity contribution in [3.63, 3.8) is 0 Å². The Labute approximate surface area is 163 Å². The fourth-order valence-corrected chi connectivity index (χ4v) is 3.66. The normalized spacial score (nSPS) is 28.2. The van der Waals surface area contributed by atoms with Crippen LogP contribution in [0.2, 0.25) is 18.1 Å². The van der Waals surface area contributed by atoms with E-state index in [0.29, 0.717) is 0 Å². The molecule has 1 aromatic heterocycles. The molecule has 2 heterocycles. The molecule has 1 aromatic rings. The Balaban J connectivity index is 2.38. The Morgan fingerprint density at radius 3 is 2.75 bits per heavy atom. The van der Waals surface area contributed by atoms with Gasteiger partial charge in [-0.3, -0.25) is 4.57 Å². The minimum Gasteiger partial charge on any atom is -0.414 e. The molecule has 0 spiro atoms. The molecule has 10 nitrogen and oxygen atoms in total. The Hall–Kier alpha value is -1.98. The van der Waals surface area contributed by atoms with Crippen molar-refractivity contribution in [3.8, 4) is 0 Å². The van der Waals surface area contributed by atoms with E-state index in [1.54, 1.807) is 0 Å². The fraction of sp³-hybridized carbons (Fsp3) is 0.750. The smallest absolute Gasteiger partial charge is 0.351 e. The lowest BCUT2D eigenvalue weighted by Crippen LogP contribution is -2.53. The van der Waals surface area contributed by atoms with Crippen molar-refractivity contribution in [3.05, 3.63) is 33.2 Å². The highest BCUT2D eigenvalue weighted by atomic mass is 28.4. The number of azide groups is 1. The molecule has 0 radical (unpaired) electrons. The number of aromatic nitrogens is 2. The maximum absolute atomic E-state index is 15.0. The van der Waals surface area contributed by atoms with Crippen LogP contribution < -0.4 is 11.4 Å². The maximum Gasteiger partial charge on any atom is 0.351 e. The Morgan fingerprint density at radius 2 is 2.21 bits per heavy atom. The number of aliphatic hydroxyl groups excluding tert-OH is 1. The van der Waals surface area contributed by atoms with E-state index in [0.717, 1.165) is 4.57 Å². The first kappa shape index (κ1) is 22.3. The van der Waals surface area contributed by atoms with Crippen LogP contribution in [0.1, 0.15) is 27.0 Å². The van der Waals surface area contributed by atoms with Gasteiger partial charge in [0.25, 0.3) is 0 Å². The van der Waals surface area contributed by atoms with Gasteiger partial charge in [0.05, 0.1) is 13.2 Å². The molecule has 1 aliphatic heterocycles. The minimum absolute atomic E-state index is 0.0168. The van der Waals surface area contributed by atoms with Gasteiger partial charge < -0.3 is 20.0 Å². The van der Waals surface area contributed by atoms with Gasteiger partial charge in [-0.05, 0) is 29.7 Å². The van der Waals surface area contributed by atoms with Gasteiger partial charge in [-0.1, -0.05) is 25.9 Å². The third-order valence-corrected chi connectivity index (χ3v) is 9.96. The van der Waals surface area contributed by atoms with Crippen molar-refractivity contribution >= 4 is 14.1 Å². The fourth-order valence-electron chi connectivity index (χ4n) is 2.62. The van der Waals surface area contributed by atoms with Crippen LogP contribution >= 0.6 is 0 Å². The number of aliphatic hydroxyl groups is 1. The molecule has 0 aliphatic carbocycles. The van der Waals surface area contributed by atoms with Crippen molar-refractivity contribution in [1.29, 1.82) is 0 Å². The minimum atomic E-state index is -2.28. The number of nitrogens with zero attached hydrogens (tertiary/aromatic N) is 5. The van der Waals surface area contributed by atoms with Crippen LogP contribution in [0.3, 0.4) is 0 Å². The van der Waals surface area contributed by atoms with E-state index in [4.69, 9.17) is 20.4 Å². The Morgan fingerprint density at radius 1 is 1.57 bits per heavy atom. The number of rotatable bonds is 6. The molecular weight excluding hydrogens is 387 g/mol. The number of halogens is 1. The van der Waals surface area contributed by atoms with Gasteiger partial charge in [-0.25, -0.2) is 9.18 Å². The van der Waals surface area contributed by atoms with E-state index in [9.17, 15) is 14.3 Å². The molecule has 2 rings (SSSR count). The Bertz CT molecular complexity index is 822. The lowest BCUT2D eigenvalue weighted by molar-refractivity contribution is -0.119. The molecule has 0 aromatic carbocycles. The molecule has 0 saturated carbocycles. The highest BCUT2D eigenvalue weighted by molar-refractivity contribution is 6.74. The summed E-state index contributed by atoms with van der Waals surface area (Å²) in [5.41, 5.74) is 11.7. The number of hydrogen-bond donors (Lipinski definition) is 2. The molecule has 12 heteroatoms. The zero-order valence-corrected chi connectivity index (χ0v) is 17.7. The average molecular weight is 415 g/mol. The molecule has 1 unspecified atom stereocenters. The zero-order chi connectivity index (χ0) is 21.3. The molecule has 1 fully saturated rings. The molecule has 156 valence electrons. The molecule has 28 heavy (non-hydrogen) atoms. The third-order valence-electron chi connectivity index (χ3n) is 5.48. The summed E-state index contributed by atoms with van der Waals surface area (Å²) in [5, 5.41) is 13.9. The molecule has 4 atom stereocenters. The molecule has 1 saturated heterocycles. The average Bonchev–Trinajstić information content (AvgIpc) is 2.83. The van der Waals surface area contributed by atoms with Crippen LogP contribution in [0.15, 0.2) is 22.2 Å². The summed E-state index contributed by atoms with van der Waals surface area (Å²) < 4.78 is 27.8. The maximum atomic E-state index is 15.0. The first-order valence-corrected chi connectivity index (χ1v) is 11.7. The van der Waals surface area contributed by atoms with Crippen LogP contribution in [-0.2, 0) is 9.16 Å². The van der Waals surface area contributed by atoms with E-state index in [1.165, 1.54) is 12.3 Å². The van der Waals surface area contributed by atoms with Gasteiger partial charge in [0, 0.05) is 11.1 Å². The summed E-state index contributed by atoms with van der Waals surface area (Å²) in [5.74, 6) is -0.0168. The lowest BCUT2D eigenvalue weighted by Gasteiger charge is -2.40. The number of anilines is 1. The molecule has 3 N–H and O–H groups in total. The second-order valence-electron chi connectivity index (χ2n) is 8.44. The van der Waals surface area contributed by atoms with Crippen LogP contribution in [0.4, 0.5) is 10.2 Å². The topological polar surface area (TPSA) is 148 Å². The van der Waals surface area contributed by atoms with Gasteiger partial charge in [-0.15, -0.1) is 0 Å². The summed E-state index contributed by atoms with van der Waals surface area (Å²) in [6.45, 7) is 9.55. The molecule has 0 amide bonds. The van der Waals surface area contributed by atoms with Gasteiger partial charge in [0.15, 0.2) is 20.7 Å². The summed E-state index contributed by atoms with van der Waals surface area (Å²) in [4.78, 5) is 18.3. The largest absolute Gasteiger partial charge is 0.414 e. The molecule has 0 bridgehead atoms. The molecule has 1 aliphatic rings. The number of hydrogen-bond acceptors (Lipinski definition) is 7. The van der Waals surface area contributed by atoms with Gasteiger partial charge in [0.1, 0.15) is 17.5 Å². The van der Waals surface area contributed by atoms with Crippen LogP contribution in [0.5, 0.6) is 0 Å². The third kappa shape index (κ3) is 4.20. The monoisotopic (exact) mass is 414 g/mol. The lowest BCUT2D eigenvalue weighted by atomic mass is 9.97. The number of alkyl halides is 1. The summed E-state index contributed by atoms with van der Waals surface area (Å²) in [7, 11) is -2.28. The number of nitrogen functional groups attached to an aromatic ring is 1. The van der Waals surface area contributed by atoms with E-state index in [-0.39, 0.29) is 24.0 Å². The van der Waals surface area contributed by atoms with Crippen molar-refractivity contribution < 1.29 is 18.7 Å². The van der Waals surface area contributed by atoms with Crippen LogP contribution in [-0.4, -0.2) is 54.0 Å². The van der Waals surface area contributed by atoms with Gasteiger partial charge in [-0.2, -0.15) is 4.98 Å². The zero-order valence-electron chi connectivity index (χ0n) is 16.7. The number of nitrogens with two attached hydrogens (primary N) is 1. The van der Waals surface area contributed by atoms with Crippen LogP contribution in [0.25, 0.3) is 10.4 Å². The summed E-state index contributed by atoms with van der Waals surface area (Å²) in [6, 6.07) is 1.32. The summed E-state index contributed by atoms with van der Waals surface area (Å²) in [6.07, 6.45) is -3.84. The standard InChI is InChI=1S/C16H27FN6O4Si/c1-15(2,3)28(4,5)26-9-16(8-20-22-19)12(24)11(17)13(27-16)23-7-6-10(18)21-14(23)25/h6-7,11-13,24H,8-9H2,1-5H3,(H2,18,21,25)/t11-,12+,13-,16?/m1/s1.